The third-order valence-electron chi connectivity index (χ3n) is 2.89. The van der Waals surface area contributed by atoms with Gasteiger partial charge >= 0.3 is 6.09 Å². The van der Waals surface area contributed by atoms with E-state index in [1.165, 1.54) is 0 Å². The van der Waals surface area contributed by atoms with Crippen LogP contribution in [0.4, 0.5) is 4.79 Å². The van der Waals surface area contributed by atoms with Crippen LogP contribution in [0.5, 0.6) is 0 Å². The highest BCUT2D eigenvalue weighted by molar-refractivity contribution is 5.67. The minimum Gasteiger partial charge on any atom is -0.445 e. The van der Waals surface area contributed by atoms with E-state index in [1.54, 1.807) is 0 Å². The largest absolute Gasteiger partial charge is 0.445 e. The van der Waals surface area contributed by atoms with Crippen LogP contribution in [0.3, 0.4) is 0 Å². The van der Waals surface area contributed by atoms with Crippen molar-refractivity contribution in [3.8, 4) is 0 Å². The molecule has 0 saturated carbocycles. The van der Waals surface area contributed by atoms with Gasteiger partial charge in [-0.2, -0.15) is 0 Å². The molecular weight excluding hydrogens is 240 g/mol. The number of rotatable bonds is 7. The van der Waals surface area contributed by atoms with Crippen LogP contribution in [0.15, 0.2) is 30.3 Å². The van der Waals surface area contributed by atoms with E-state index >= 15 is 0 Å². The molecule has 1 atom stereocenters. The minimum atomic E-state index is -0.383. The average Bonchev–Trinajstić information content (AvgIpc) is 2.42. The van der Waals surface area contributed by atoms with Crippen molar-refractivity contribution < 1.29 is 9.53 Å². The maximum Gasteiger partial charge on any atom is 0.407 e. The maximum absolute atomic E-state index is 11.5. The molecule has 106 valence electrons. The number of ether oxygens (including phenoxy) is 1. The lowest BCUT2D eigenvalue weighted by Crippen LogP contribution is -2.33. The van der Waals surface area contributed by atoms with Crippen LogP contribution in [-0.2, 0) is 11.3 Å². The summed E-state index contributed by atoms with van der Waals surface area (Å²) in [6.07, 6.45) is 0.626. The highest BCUT2D eigenvalue weighted by Gasteiger charge is 2.11. The van der Waals surface area contributed by atoms with Gasteiger partial charge in [0.15, 0.2) is 0 Å². The normalized spacial score (nSPS) is 12.2. The van der Waals surface area contributed by atoms with Crippen molar-refractivity contribution in [2.24, 2.45) is 17.6 Å². The molecule has 0 radical (unpaired) electrons. The molecule has 4 nitrogen and oxygen atoms in total. The van der Waals surface area contributed by atoms with Crippen molar-refractivity contribution in [1.29, 1.82) is 0 Å². The molecule has 0 bridgehead atoms. The summed E-state index contributed by atoms with van der Waals surface area (Å²) in [7, 11) is 0. The van der Waals surface area contributed by atoms with E-state index in [2.05, 4.69) is 19.2 Å². The summed E-state index contributed by atoms with van der Waals surface area (Å²) in [5.74, 6) is 0.889. The van der Waals surface area contributed by atoms with Crippen molar-refractivity contribution in [2.45, 2.75) is 26.9 Å². The summed E-state index contributed by atoms with van der Waals surface area (Å²) in [5.41, 5.74) is 6.66. The van der Waals surface area contributed by atoms with E-state index in [9.17, 15) is 4.79 Å². The minimum absolute atomic E-state index is 0.296. The summed E-state index contributed by atoms with van der Waals surface area (Å²) < 4.78 is 5.14. The number of alkyl carbamates (subject to hydrolysis) is 1. The Bertz CT molecular complexity index is 366. The highest BCUT2D eigenvalue weighted by Crippen LogP contribution is 2.09. The van der Waals surface area contributed by atoms with Gasteiger partial charge in [-0.3, -0.25) is 0 Å². The molecule has 0 spiro atoms. The predicted molar refractivity (Wildman–Crippen MR) is 76.6 cm³/mol. The first-order valence-electron chi connectivity index (χ1n) is 6.76. The molecule has 1 amide bonds. The van der Waals surface area contributed by atoms with E-state index in [1.807, 2.05) is 30.3 Å². The monoisotopic (exact) mass is 264 g/mol. The van der Waals surface area contributed by atoms with Crippen LogP contribution in [0, 0.1) is 11.8 Å². The molecule has 19 heavy (non-hydrogen) atoms. The molecule has 0 heterocycles. The number of hydrogen-bond acceptors (Lipinski definition) is 3. The Morgan fingerprint density at radius 2 is 2.00 bits per heavy atom. The maximum atomic E-state index is 11.5. The fourth-order valence-electron chi connectivity index (χ4n) is 1.93. The Kier molecular flexibility index (Phi) is 6.97. The van der Waals surface area contributed by atoms with E-state index < -0.39 is 0 Å². The first kappa shape index (κ1) is 15.5. The van der Waals surface area contributed by atoms with E-state index in [0.717, 1.165) is 12.0 Å². The van der Waals surface area contributed by atoms with Crippen LogP contribution >= 0.6 is 0 Å². The molecule has 1 aromatic rings. The topological polar surface area (TPSA) is 64.3 Å². The van der Waals surface area contributed by atoms with Crippen molar-refractivity contribution in [1.82, 2.24) is 5.32 Å². The molecule has 0 fully saturated rings. The molecule has 0 aliphatic rings. The lowest BCUT2D eigenvalue weighted by Gasteiger charge is -2.17. The molecule has 4 heteroatoms. The summed E-state index contributed by atoms with van der Waals surface area (Å²) in [5, 5.41) is 2.77. The van der Waals surface area contributed by atoms with Crippen molar-refractivity contribution in [3.05, 3.63) is 35.9 Å². The van der Waals surface area contributed by atoms with Gasteiger partial charge in [0.25, 0.3) is 0 Å². The summed E-state index contributed by atoms with van der Waals surface area (Å²) in [4.78, 5) is 11.5. The molecule has 0 aromatic heterocycles. The fourth-order valence-corrected chi connectivity index (χ4v) is 1.93. The first-order chi connectivity index (χ1) is 9.11. The molecule has 0 aliphatic heterocycles. The van der Waals surface area contributed by atoms with Gasteiger partial charge in [0.1, 0.15) is 6.61 Å². The highest BCUT2D eigenvalue weighted by atomic mass is 16.5. The predicted octanol–water partition coefficient (Wildman–Crippen LogP) is 2.53. The van der Waals surface area contributed by atoms with Crippen molar-refractivity contribution in [3.63, 3.8) is 0 Å². The Morgan fingerprint density at radius 3 is 2.58 bits per heavy atom. The number of amides is 1. The standard InChI is InChI=1S/C15H24N2O2/c1-12(2)8-14(9-16)10-17-15(18)19-11-13-6-4-3-5-7-13/h3-7,12,14H,8-11,16H2,1-2H3,(H,17,18). The van der Waals surface area contributed by atoms with Gasteiger partial charge in [0, 0.05) is 6.54 Å². The van der Waals surface area contributed by atoms with E-state index in [4.69, 9.17) is 10.5 Å². The second-order valence-electron chi connectivity index (χ2n) is 5.17. The number of nitrogens with two attached hydrogens (primary N) is 1. The van der Waals surface area contributed by atoms with Crippen LogP contribution in [0.25, 0.3) is 0 Å². The Morgan fingerprint density at radius 1 is 1.32 bits per heavy atom. The van der Waals surface area contributed by atoms with Crippen LogP contribution in [0.1, 0.15) is 25.8 Å². The van der Waals surface area contributed by atoms with Gasteiger partial charge in [-0.25, -0.2) is 4.79 Å². The van der Waals surface area contributed by atoms with Gasteiger partial charge in [-0.05, 0) is 30.4 Å². The summed E-state index contributed by atoms with van der Waals surface area (Å²) in [6, 6.07) is 9.62. The first-order valence-corrected chi connectivity index (χ1v) is 6.76. The number of benzene rings is 1. The number of hydrogen-bond donors (Lipinski definition) is 2. The smallest absolute Gasteiger partial charge is 0.407 e. The van der Waals surface area contributed by atoms with Gasteiger partial charge in [0.2, 0.25) is 0 Å². The molecular formula is C15H24N2O2. The lowest BCUT2D eigenvalue weighted by molar-refractivity contribution is 0.137. The fraction of sp³-hybridized carbons (Fsp3) is 0.533. The second kappa shape index (κ2) is 8.53. The van der Waals surface area contributed by atoms with Gasteiger partial charge < -0.3 is 15.8 Å². The molecule has 1 aromatic carbocycles. The summed E-state index contributed by atoms with van der Waals surface area (Å²) in [6.45, 7) is 5.75. The third-order valence-corrected chi connectivity index (χ3v) is 2.89. The SMILES string of the molecule is CC(C)CC(CN)CNC(=O)OCc1ccccc1. The quantitative estimate of drug-likeness (QED) is 0.795. The summed E-state index contributed by atoms with van der Waals surface area (Å²) >= 11 is 0. The third kappa shape index (κ3) is 6.82. The van der Waals surface area contributed by atoms with Gasteiger partial charge in [-0.1, -0.05) is 44.2 Å². The zero-order valence-electron chi connectivity index (χ0n) is 11.8. The second-order valence-corrected chi connectivity index (χ2v) is 5.17. The Labute approximate surface area is 115 Å². The average molecular weight is 264 g/mol. The molecule has 1 rings (SSSR count). The number of nitrogens with one attached hydrogen (secondary N) is 1. The zero-order valence-corrected chi connectivity index (χ0v) is 11.8. The molecule has 0 aliphatic carbocycles. The van der Waals surface area contributed by atoms with Gasteiger partial charge in [-0.15, -0.1) is 0 Å². The Balaban J connectivity index is 2.24. The molecule has 1 unspecified atom stereocenters. The van der Waals surface area contributed by atoms with Gasteiger partial charge in [0.05, 0.1) is 0 Å². The molecule has 3 N–H and O–H groups in total. The van der Waals surface area contributed by atoms with Crippen molar-refractivity contribution >= 4 is 6.09 Å². The molecule has 0 saturated heterocycles. The van der Waals surface area contributed by atoms with Crippen LogP contribution < -0.4 is 11.1 Å². The van der Waals surface area contributed by atoms with E-state index in [-0.39, 0.29) is 6.09 Å². The van der Waals surface area contributed by atoms with E-state index in [0.29, 0.717) is 31.5 Å². The number of carbonyl (C=O) groups excluding carboxylic acids is 1. The zero-order chi connectivity index (χ0) is 14.1. The number of carbonyl (C=O) groups is 1. The van der Waals surface area contributed by atoms with Crippen molar-refractivity contribution in [2.75, 3.05) is 13.1 Å². The lowest BCUT2D eigenvalue weighted by atomic mass is 9.97. The van der Waals surface area contributed by atoms with Crippen LogP contribution in [-0.4, -0.2) is 19.2 Å². The Hall–Kier alpha value is -1.55. The van der Waals surface area contributed by atoms with Crippen LogP contribution in [0.2, 0.25) is 0 Å².